The van der Waals surface area contributed by atoms with Crippen molar-refractivity contribution in [3.05, 3.63) is 47.2 Å². The van der Waals surface area contributed by atoms with Crippen molar-refractivity contribution in [3.8, 4) is 0 Å². The number of aromatic carboxylic acids is 1. The molecule has 0 bridgehead atoms. The molecule has 0 aliphatic carbocycles. The average molecular weight is 260 g/mol. The average Bonchev–Trinajstić information content (AvgIpc) is 2.78. The number of rotatable bonds is 4. The molecule has 1 atom stereocenters. The lowest BCUT2D eigenvalue weighted by molar-refractivity contribution is 0.0697. The second-order valence-corrected chi connectivity index (χ2v) is 4.51. The lowest BCUT2D eigenvalue weighted by Gasteiger charge is -2.14. The highest BCUT2D eigenvalue weighted by molar-refractivity contribution is 5.88. The van der Waals surface area contributed by atoms with Gasteiger partial charge in [0.1, 0.15) is 11.8 Å². The normalized spacial score (nSPS) is 12.2. The molecule has 2 N–H and O–H groups in total. The Bertz CT molecular complexity index is 604. The highest BCUT2D eigenvalue weighted by Crippen LogP contribution is 2.22. The molecular weight excluding hydrogens is 244 g/mol. The molecule has 1 aromatic carbocycles. The number of aryl methyl sites for hydroxylation is 2. The fourth-order valence-electron chi connectivity index (χ4n) is 1.83. The number of benzene rings is 1. The summed E-state index contributed by atoms with van der Waals surface area (Å²) in [6, 6.07) is 4.89. The summed E-state index contributed by atoms with van der Waals surface area (Å²) in [6.07, 6.45) is 1.67. The van der Waals surface area contributed by atoms with Crippen LogP contribution in [0.25, 0.3) is 0 Å². The van der Waals surface area contributed by atoms with E-state index in [0.717, 1.165) is 17.0 Å². The van der Waals surface area contributed by atoms with Gasteiger partial charge in [-0.1, -0.05) is 0 Å². The molecule has 0 aliphatic heterocycles. The summed E-state index contributed by atoms with van der Waals surface area (Å²) < 4.78 is 5.45. The molecule has 0 saturated carbocycles. The van der Waals surface area contributed by atoms with Crippen molar-refractivity contribution >= 4 is 11.7 Å². The molecule has 0 spiro atoms. The van der Waals surface area contributed by atoms with Crippen molar-refractivity contribution in [3.63, 3.8) is 0 Å². The van der Waals surface area contributed by atoms with Gasteiger partial charge in [-0.05, 0) is 44.5 Å². The second-order valence-electron chi connectivity index (χ2n) is 4.51. The first-order chi connectivity index (χ1) is 8.97. The minimum absolute atomic E-state index is 0.0805. The second kappa shape index (κ2) is 5.14. The molecular formula is C14H16N2O3. The molecule has 0 amide bonds. The summed E-state index contributed by atoms with van der Waals surface area (Å²) in [4.78, 5) is 15.0. The predicted molar refractivity (Wildman–Crippen MR) is 71.4 cm³/mol. The molecule has 1 heterocycles. The lowest BCUT2D eigenvalue weighted by atomic mass is 10.1. The molecule has 0 saturated heterocycles. The van der Waals surface area contributed by atoms with Gasteiger partial charge in [0.25, 0.3) is 0 Å². The van der Waals surface area contributed by atoms with Gasteiger partial charge in [-0.25, -0.2) is 9.78 Å². The van der Waals surface area contributed by atoms with E-state index in [1.165, 1.54) is 0 Å². The molecule has 100 valence electrons. The van der Waals surface area contributed by atoms with Crippen LogP contribution in [0.4, 0.5) is 5.69 Å². The van der Waals surface area contributed by atoms with Gasteiger partial charge in [0.05, 0.1) is 11.8 Å². The monoisotopic (exact) mass is 260 g/mol. The maximum atomic E-state index is 10.9. The largest absolute Gasteiger partial charge is 0.478 e. The number of carboxylic acids is 1. The number of hydrogen-bond donors (Lipinski definition) is 2. The number of aromatic nitrogens is 1. The van der Waals surface area contributed by atoms with Crippen molar-refractivity contribution in [1.29, 1.82) is 0 Å². The van der Waals surface area contributed by atoms with Crippen LogP contribution >= 0.6 is 0 Å². The molecule has 2 rings (SSSR count). The van der Waals surface area contributed by atoms with Crippen LogP contribution in [0.15, 0.2) is 28.8 Å². The summed E-state index contributed by atoms with van der Waals surface area (Å²) in [5.74, 6) is 0.451. The predicted octanol–water partition coefficient (Wildman–Crippen LogP) is 3.16. The van der Waals surface area contributed by atoms with Crippen LogP contribution in [0.3, 0.4) is 0 Å². The fourth-order valence-corrected chi connectivity index (χ4v) is 1.83. The van der Waals surface area contributed by atoms with Crippen LogP contribution in [0.5, 0.6) is 0 Å². The van der Waals surface area contributed by atoms with Gasteiger partial charge in [-0.15, -0.1) is 0 Å². The summed E-state index contributed by atoms with van der Waals surface area (Å²) >= 11 is 0. The first kappa shape index (κ1) is 13.1. The Morgan fingerprint density at radius 3 is 2.68 bits per heavy atom. The van der Waals surface area contributed by atoms with Crippen molar-refractivity contribution in [2.75, 3.05) is 5.32 Å². The third-order valence-corrected chi connectivity index (χ3v) is 2.85. The van der Waals surface area contributed by atoms with E-state index in [-0.39, 0.29) is 11.6 Å². The summed E-state index contributed by atoms with van der Waals surface area (Å²) in [5.41, 5.74) is 2.02. The number of carboxylic acid groups (broad SMARTS) is 1. The number of oxazole rings is 1. The van der Waals surface area contributed by atoms with Crippen LogP contribution in [-0.2, 0) is 0 Å². The molecule has 0 fully saturated rings. The van der Waals surface area contributed by atoms with Gasteiger partial charge in [-0.2, -0.15) is 0 Å². The van der Waals surface area contributed by atoms with E-state index in [1.807, 2.05) is 20.8 Å². The zero-order chi connectivity index (χ0) is 14.0. The van der Waals surface area contributed by atoms with Gasteiger partial charge in [-0.3, -0.25) is 0 Å². The van der Waals surface area contributed by atoms with Crippen molar-refractivity contribution in [2.24, 2.45) is 0 Å². The minimum Gasteiger partial charge on any atom is -0.478 e. The van der Waals surface area contributed by atoms with Crippen molar-refractivity contribution in [1.82, 2.24) is 4.98 Å². The molecule has 0 aliphatic rings. The van der Waals surface area contributed by atoms with Crippen molar-refractivity contribution < 1.29 is 14.3 Å². The number of anilines is 1. The van der Waals surface area contributed by atoms with E-state index in [2.05, 4.69) is 10.3 Å². The summed E-state index contributed by atoms with van der Waals surface area (Å²) in [7, 11) is 0. The lowest BCUT2D eigenvalue weighted by Crippen LogP contribution is -2.08. The number of hydrogen-bond acceptors (Lipinski definition) is 4. The third kappa shape index (κ3) is 2.93. The minimum atomic E-state index is -0.925. The maximum Gasteiger partial charge on any atom is 0.335 e. The fraction of sp³-hybridized carbons (Fsp3) is 0.286. The molecule has 0 radical (unpaired) electrons. The molecule has 2 aromatic rings. The Morgan fingerprint density at radius 2 is 2.16 bits per heavy atom. The molecule has 5 nitrogen and oxygen atoms in total. The summed E-state index contributed by atoms with van der Waals surface area (Å²) in [6.45, 7) is 5.65. The van der Waals surface area contributed by atoms with E-state index < -0.39 is 5.97 Å². The smallest absolute Gasteiger partial charge is 0.335 e. The number of nitrogens with zero attached hydrogens (tertiary/aromatic N) is 1. The molecule has 1 unspecified atom stereocenters. The standard InChI is InChI=1S/C14H16N2O3/c1-8-6-11(14(17)18)4-5-12(8)16-10(3)13-15-7-9(2)19-13/h4-7,10,16H,1-3H3,(H,17,18). The van der Waals surface area contributed by atoms with Crippen LogP contribution in [0, 0.1) is 13.8 Å². The maximum absolute atomic E-state index is 10.9. The first-order valence-electron chi connectivity index (χ1n) is 6.00. The van der Waals surface area contributed by atoms with Gasteiger partial charge in [0.15, 0.2) is 0 Å². The van der Waals surface area contributed by atoms with E-state index in [4.69, 9.17) is 9.52 Å². The van der Waals surface area contributed by atoms with E-state index in [9.17, 15) is 4.79 Å². The van der Waals surface area contributed by atoms with Crippen LogP contribution in [0.2, 0.25) is 0 Å². The number of carbonyl (C=O) groups is 1. The Morgan fingerprint density at radius 1 is 1.42 bits per heavy atom. The van der Waals surface area contributed by atoms with E-state index >= 15 is 0 Å². The molecule has 5 heteroatoms. The highest BCUT2D eigenvalue weighted by Gasteiger charge is 2.13. The first-order valence-corrected chi connectivity index (χ1v) is 6.00. The van der Waals surface area contributed by atoms with E-state index in [1.54, 1.807) is 24.4 Å². The highest BCUT2D eigenvalue weighted by atomic mass is 16.4. The topological polar surface area (TPSA) is 75.4 Å². The Balaban J connectivity index is 2.17. The Labute approximate surface area is 111 Å². The van der Waals surface area contributed by atoms with Gasteiger partial charge >= 0.3 is 5.97 Å². The quantitative estimate of drug-likeness (QED) is 0.883. The summed E-state index contributed by atoms with van der Waals surface area (Å²) in [5, 5.41) is 12.2. The Kier molecular flexibility index (Phi) is 3.55. The Hall–Kier alpha value is -2.30. The van der Waals surface area contributed by atoms with E-state index in [0.29, 0.717) is 5.89 Å². The molecule has 1 aromatic heterocycles. The zero-order valence-electron chi connectivity index (χ0n) is 11.1. The van der Waals surface area contributed by atoms with Crippen LogP contribution < -0.4 is 5.32 Å². The van der Waals surface area contributed by atoms with Gasteiger partial charge < -0.3 is 14.8 Å². The third-order valence-electron chi connectivity index (χ3n) is 2.85. The van der Waals surface area contributed by atoms with Crippen LogP contribution in [0.1, 0.15) is 40.5 Å². The number of nitrogens with one attached hydrogen (secondary N) is 1. The van der Waals surface area contributed by atoms with Crippen LogP contribution in [-0.4, -0.2) is 16.1 Å². The van der Waals surface area contributed by atoms with Crippen molar-refractivity contribution in [2.45, 2.75) is 26.8 Å². The SMILES string of the molecule is Cc1cnc(C(C)Nc2ccc(C(=O)O)cc2C)o1. The van der Waals surface area contributed by atoms with Gasteiger partial charge in [0.2, 0.25) is 5.89 Å². The zero-order valence-corrected chi connectivity index (χ0v) is 11.1. The molecule has 19 heavy (non-hydrogen) atoms. The van der Waals surface area contributed by atoms with Gasteiger partial charge in [0, 0.05) is 5.69 Å².